The van der Waals surface area contributed by atoms with Crippen molar-refractivity contribution in [3.8, 4) is 0 Å². The topological polar surface area (TPSA) is 52.6 Å². The molecule has 0 fully saturated rings. The van der Waals surface area contributed by atoms with E-state index in [0.29, 0.717) is 12.2 Å². The summed E-state index contributed by atoms with van der Waals surface area (Å²) in [7, 11) is 2.56. The molecule has 0 radical (unpaired) electrons. The van der Waals surface area contributed by atoms with Gasteiger partial charge in [-0.3, -0.25) is 0 Å². The number of carbonyl (C=O) groups excluding carboxylic acids is 2. The van der Waals surface area contributed by atoms with Gasteiger partial charge in [-0.05, 0) is 6.92 Å². The summed E-state index contributed by atoms with van der Waals surface area (Å²) in [6.45, 7) is 1.89. The van der Waals surface area contributed by atoms with Crippen LogP contribution in [0.2, 0.25) is 0 Å². The van der Waals surface area contributed by atoms with E-state index in [0.717, 1.165) is 5.57 Å². The van der Waals surface area contributed by atoms with E-state index in [1.54, 1.807) is 0 Å². The molecule has 0 saturated carbocycles. The van der Waals surface area contributed by atoms with E-state index in [4.69, 9.17) is 0 Å². The Morgan fingerprint density at radius 3 is 2.27 bits per heavy atom. The summed E-state index contributed by atoms with van der Waals surface area (Å²) in [6.07, 6.45) is 2.35. The van der Waals surface area contributed by atoms with Gasteiger partial charge in [0.2, 0.25) is 4.75 Å². The number of carbonyl (C=O) groups is 2. The lowest BCUT2D eigenvalue weighted by molar-refractivity contribution is -0.155. The van der Waals surface area contributed by atoms with Gasteiger partial charge >= 0.3 is 11.9 Å². The average Bonchev–Trinajstić information content (AvgIpc) is 2.26. The Balaban J connectivity index is 3.02. The fourth-order valence-electron chi connectivity index (χ4n) is 1.52. The molecule has 1 rings (SSSR count). The lowest BCUT2D eigenvalue weighted by atomic mass is 9.98. The van der Waals surface area contributed by atoms with Crippen LogP contribution in [0.25, 0.3) is 0 Å². The van der Waals surface area contributed by atoms with Crippen molar-refractivity contribution in [2.75, 3.05) is 20.0 Å². The zero-order chi connectivity index (χ0) is 11.5. The minimum absolute atomic E-state index is 0.358. The van der Waals surface area contributed by atoms with Crippen molar-refractivity contribution in [3.05, 3.63) is 11.6 Å². The Labute approximate surface area is 93.0 Å². The first-order valence-corrected chi connectivity index (χ1v) is 5.52. The van der Waals surface area contributed by atoms with E-state index in [9.17, 15) is 9.59 Å². The van der Waals surface area contributed by atoms with Gasteiger partial charge in [0.15, 0.2) is 0 Å². The maximum absolute atomic E-state index is 11.7. The first-order chi connectivity index (χ1) is 7.06. The number of methoxy groups -OCH3 is 2. The van der Waals surface area contributed by atoms with Crippen molar-refractivity contribution >= 4 is 23.7 Å². The van der Waals surface area contributed by atoms with Crippen LogP contribution in [0.5, 0.6) is 0 Å². The van der Waals surface area contributed by atoms with E-state index in [1.165, 1.54) is 26.0 Å². The molecule has 4 nitrogen and oxygen atoms in total. The predicted molar refractivity (Wildman–Crippen MR) is 57.6 cm³/mol. The number of ether oxygens (including phenoxy) is 2. The number of rotatable bonds is 2. The van der Waals surface area contributed by atoms with E-state index >= 15 is 0 Å². The second-order valence-corrected chi connectivity index (χ2v) is 4.67. The molecule has 0 unspecified atom stereocenters. The molecular formula is C10H14O4S. The van der Waals surface area contributed by atoms with E-state index < -0.39 is 16.7 Å². The van der Waals surface area contributed by atoms with Gasteiger partial charge in [-0.25, -0.2) is 9.59 Å². The summed E-state index contributed by atoms with van der Waals surface area (Å²) >= 11 is 1.25. The Bertz CT molecular complexity index is 293. The third-order valence-corrected chi connectivity index (χ3v) is 3.62. The van der Waals surface area contributed by atoms with Crippen LogP contribution in [-0.4, -0.2) is 36.7 Å². The van der Waals surface area contributed by atoms with Gasteiger partial charge in [0.1, 0.15) is 0 Å². The van der Waals surface area contributed by atoms with Crippen molar-refractivity contribution in [1.82, 2.24) is 0 Å². The van der Waals surface area contributed by atoms with Gasteiger partial charge in [0, 0.05) is 12.2 Å². The van der Waals surface area contributed by atoms with Gasteiger partial charge in [0.05, 0.1) is 14.2 Å². The Kier molecular flexibility index (Phi) is 3.79. The number of hydrogen-bond donors (Lipinski definition) is 0. The van der Waals surface area contributed by atoms with Crippen molar-refractivity contribution in [1.29, 1.82) is 0 Å². The third kappa shape index (κ3) is 2.17. The van der Waals surface area contributed by atoms with Gasteiger partial charge in [0.25, 0.3) is 0 Å². The number of esters is 2. The largest absolute Gasteiger partial charge is 0.468 e. The van der Waals surface area contributed by atoms with Crippen molar-refractivity contribution in [3.63, 3.8) is 0 Å². The molecule has 0 saturated heterocycles. The SMILES string of the molecule is COC(=O)C1(C(=O)OC)CC(C)=CCS1. The van der Waals surface area contributed by atoms with Crippen LogP contribution >= 0.6 is 11.8 Å². The number of thioether (sulfide) groups is 1. The molecule has 0 N–H and O–H groups in total. The highest BCUT2D eigenvalue weighted by molar-refractivity contribution is 8.02. The first-order valence-electron chi connectivity index (χ1n) is 4.53. The monoisotopic (exact) mass is 230 g/mol. The lowest BCUT2D eigenvalue weighted by Gasteiger charge is -2.30. The Hall–Kier alpha value is -0.970. The summed E-state index contributed by atoms with van der Waals surface area (Å²) in [5.74, 6) is -0.450. The summed E-state index contributed by atoms with van der Waals surface area (Å²) in [4.78, 5) is 23.3. The number of hydrogen-bond acceptors (Lipinski definition) is 5. The average molecular weight is 230 g/mol. The van der Waals surface area contributed by atoms with Gasteiger partial charge in [-0.1, -0.05) is 11.6 Å². The molecule has 0 aliphatic carbocycles. The molecule has 5 heteroatoms. The third-order valence-electron chi connectivity index (χ3n) is 2.32. The summed E-state index contributed by atoms with van der Waals surface area (Å²) in [6, 6.07) is 0. The minimum atomic E-state index is -1.21. The molecule has 1 aliphatic heterocycles. The predicted octanol–water partition coefficient (Wildman–Crippen LogP) is 1.15. The van der Waals surface area contributed by atoms with Crippen LogP contribution in [0.4, 0.5) is 0 Å². The highest BCUT2D eigenvalue weighted by Crippen LogP contribution is 2.38. The van der Waals surface area contributed by atoms with Gasteiger partial charge < -0.3 is 9.47 Å². The second-order valence-electron chi connectivity index (χ2n) is 3.35. The zero-order valence-electron chi connectivity index (χ0n) is 9.03. The molecular weight excluding hydrogens is 216 g/mol. The van der Waals surface area contributed by atoms with Crippen molar-refractivity contribution in [2.45, 2.75) is 18.1 Å². The molecule has 0 aromatic carbocycles. The summed E-state index contributed by atoms with van der Waals surface area (Å²) in [5, 5.41) is 0. The molecule has 0 bridgehead atoms. The lowest BCUT2D eigenvalue weighted by Crippen LogP contribution is -2.46. The normalized spacial score (nSPS) is 19.0. The first kappa shape index (κ1) is 12.1. The maximum atomic E-state index is 11.7. The van der Waals surface area contributed by atoms with Crippen LogP contribution in [0.3, 0.4) is 0 Å². The van der Waals surface area contributed by atoms with Crippen LogP contribution in [0.15, 0.2) is 11.6 Å². The maximum Gasteiger partial charge on any atom is 0.333 e. The zero-order valence-corrected chi connectivity index (χ0v) is 9.85. The molecule has 0 spiro atoms. The van der Waals surface area contributed by atoms with Crippen LogP contribution in [0, 0.1) is 0 Å². The summed E-state index contributed by atoms with van der Waals surface area (Å²) in [5.41, 5.74) is 1.00. The molecule has 0 aromatic heterocycles. The standard InChI is InChI=1S/C10H14O4S/c1-7-4-5-15-10(6-7,8(11)13-2)9(12)14-3/h4H,5-6H2,1-3H3. The van der Waals surface area contributed by atoms with E-state index in [-0.39, 0.29) is 0 Å². The Morgan fingerprint density at radius 1 is 1.33 bits per heavy atom. The fourth-order valence-corrected chi connectivity index (χ4v) is 2.90. The second kappa shape index (κ2) is 4.70. The van der Waals surface area contributed by atoms with Crippen molar-refractivity contribution < 1.29 is 19.1 Å². The molecule has 84 valence electrons. The summed E-state index contributed by atoms with van der Waals surface area (Å²) < 4.78 is 8.15. The molecule has 0 aromatic rings. The smallest absolute Gasteiger partial charge is 0.333 e. The fraction of sp³-hybridized carbons (Fsp3) is 0.600. The van der Waals surface area contributed by atoms with E-state index in [2.05, 4.69) is 9.47 Å². The highest BCUT2D eigenvalue weighted by atomic mass is 32.2. The highest BCUT2D eigenvalue weighted by Gasteiger charge is 2.50. The van der Waals surface area contributed by atoms with Gasteiger partial charge in [-0.15, -0.1) is 11.8 Å². The molecule has 0 amide bonds. The van der Waals surface area contributed by atoms with Crippen molar-refractivity contribution in [2.24, 2.45) is 0 Å². The molecule has 0 atom stereocenters. The van der Waals surface area contributed by atoms with Crippen LogP contribution < -0.4 is 0 Å². The van der Waals surface area contributed by atoms with Crippen LogP contribution in [0.1, 0.15) is 13.3 Å². The van der Waals surface area contributed by atoms with Gasteiger partial charge in [-0.2, -0.15) is 0 Å². The Morgan fingerprint density at radius 2 is 1.87 bits per heavy atom. The number of allylic oxidation sites excluding steroid dienone is 1. The van der Waals surface area contributed by atoms with Crippen LogP contribution in [-0.2, 0) is 19.1 Å². The quantitative estimate of drug-likeness (QED) is 0.405. The molecule has 1 aliphatic rings. The van der Waals surface area contributed by atoms with E-state index in [1.807, 2.05) is 13.0 Å². The molecule has 1 heterocycles. The minimum Gasteiger partial charge on any atom is -0.468 e. The molecule has 15 heavy (non-hydrogen) atoms.